The van der Waals surface area contributed by atoms with Gasteiger partial charge in [-0.2, -0.15) is 0 Å². The fourth-order valence-electron chi connectivity index (χ4n) is 9.56. The molecule has 2 amide bonds. The van der Waals surface area contributed by atoms with Crippen LogP contribution in [0.3, 0.4) is 0 Å². The van der Waals surface area contributed by atoms with Crippen LogP contribution in [0.1, 0.15) is 107 Å². The second-order valence-electron chi connectivity index (χ2n) is 14.5. The summed E-state index contributed by atoms with van der Waals surface area (Å²) in [6.45, 7) is 2.26. The molecule has 3 fully saturated rings. The van der Waals surface area contributed by atoms with Crippen molar-refractivity contribution in [3.05, 3.63) is 63.4 Å². The van der Waals surface area contributed by atoms with Crippen molar-refractivity contribution in [1.29, 1.82) is 0 Å². The Kier molecular flexibility index (Phi) is 9.73. The Bertz CT molecular complexity index is 1560. The Morgan fingerprint density at radius 3 is 2.49 bits per heavy atom. The molecule has 3 atom stereocenters. The third-order valence-corrected chi connectivity index (χ3v) is 12.1. The number of nitrogens with zero attached hydrogens (tertiary/aromatic N) is 2. The topological polar surface area (TPSA) is 72.9 Å². The second kappa shape index (κ2) is 13.3. The van der Waals surface area contributed by atoms with E-state index in [-0.39, 0.29) is 28.4 Å². The molecule has 6 rings (SSSR count). The van der Waals surface area contributed by atoms with Crippen molar-refractivity contribution in [1.82, 2.24) is 10.2 Å². The highest BCUT2D eigenvalue weighted by molar-refractivity contribution is 6.31. The standard InChI is InChI=1S/C38H46Cl2FN3O3/c1-4-5-6-7-8-9-13-21-44-30-22-25(39)17-18-28(30)38(35(44)46)31(27-15-14-16-29(40)32(27)41)33(34(45)42-26-23-36(2,47)24-26)43(3)37(38)19-11-10-12-20-37/h1,14-18,22,26,31,33,47H,5-13,19-21,23-24H2,2-3H3,(H,42,45)/t26?,31-,33+,36?,38+/m0/s1. The van der Waals surface area contributed by atoms with E-state index < -0.39 is 34.3 Å². The lowest BCUT2D eigenvalue weighted by Crippen LogP contribution is -2.62. The molecule has 0 aromatic heterocycles. The Balaban J connectivity index is 1.49. The molecule has 1 saturated heterocycles. The van der Waals surface area contributed by atoms with Gasteiger partial charge < -0.3 is 15.3 Å². The molecule has 9 heteroatoms. The van der Waals surface area contributed by atoms with Gasteiger partial charge in [-0.15, -0.1) is 12.3 Å². The van der Waals surface area contributed by atoms with Gasteiger partial charge in [-0.25, -0.2) is 4.39 Å². The van der Waals surface area contributed by atoms with Gasteiger partial charge in [0.15, 0.2) is 0 Å². The molecule has 0 unspecified atom stereocenters. The second-order valence-corrected chi connectivity index (χ2v) is 15.4. The molecule has 2 aliphatic carbocycles. The number of rotatable bonds is 10. The minimum absolute atomic E-state index is 0.0393. The SMILES string of the molecule is C#CCCCCCCCN1C(=O)[C@@]2(c3ccc(Cl)cc31)[C@@H](c1cccc(Cl)c1F)[C@H](C(=O)NC1CC(C)(O)C1)N(C)C21CCCCC1. The molecule has 2 saturated carbocycles. The Labute approximate surface area is 288 Å². The average molecular weight is 683 g/mol. The van der Waals surface area contributed by atoms with Crippen molar-refractivity contribution in [3.63, 3.8) is 0 Å². The Morgan fingerprint density at radius 1 is 1.09 bits per heavy atom. The summed E-state index contributed by atoms with van der Waals surface area (Å²) in [5.74, 6) is 0.891. The van der Waals surface area contributed by atoms with Crippen LogP contribution in [0.5, 0.6) is 0 Å². The summed E-state index contributed by atoms with van der Waals surface area (Å²) < 4.78 is 16.4. The number of likely N-dealkylation sites (N-methyl/N-ethyl adjacent to an activating group) is 1. The summed E-state index contributed by atoms with van der Waals surface area (Å²) in [5.41, 5.74) is -1.00. The van der Waals surface area contributed by atoms with Crippen LogP contribution in [-0.4, -0.2) is 58.6 Å². The predicted molar refractivity (Wildman–Crippen MR) is 185 cm³/mol. The van der Waals surface area contributed by atoms with Crippen LogP contribution >= 0.6 is 23.2 Å². The molecule has 2 aromatic rings. The highest BCUT2D eigenvalue weighted by atomic mass is 35.5. The summed E-state index contributed by atoms with van der Waals surface area (Å²) in [4.78, 5) is 34.1. The third-order valence-electron chi connectivity index (χ3n) is 11.6. The molecule has 2 heterocycles. The molecule has 4 aliphatic rings. The van der Waals surface area contributed by atoms with E-state index in [1.165, 1.54) is 6.07 Å². The smallest absolute Gasteiger partial charge is 0.240 e. The molecule has 2 N–H and O–H groups in total. The zero-order valence-corrected chi connectivity index (χ0v) is 29.0. The first-order valence-electron chi connectivity index (χ1n) is 17.2. The number of benzene rings is 2. The van der Waals surface area contributed by atoms with Crippen molar-refractivity contribution >= 4 is 40.7 Å². The summed E-state index contributed by atoms with van der Waals surface area (Å²) in [5, 5.41) is 14.1. The minimum Gasteiger partial charge on any atom is -0.390 e. The van der Waals surface area contributed by atoms with Crippen LogP contribution in [0.15, 0.2) is 36.4 Å². The number of amides is 2. The van der Waals surface area contributed by atoms with Crippen LogP contribution in [0, 0.1) is 18.2 Å². The molecule has 0 bridgehead atoms. The number of aliphatic hydroxyl groups is 1. The molecule has 0 radical (unpaired) electrons. The third kappa shape index (κ3) is 5.67. The number of fused-ring (bicyclic) bond motifs is 3. The van der Waals surface area contributed by atoms with Crippen LogP contribution in [0.25, 0.3) is 0 Å². The molecule has 47 heavy (non-hydrogen) atoms. The number of unbranched alkanes of at least 4 members (excludes halogenated alkanes) is 5. The molecular formula is C38H46Cl2FN3O3. The number of likely N-dealkylation sites (tertiary alicyclic amines) is 1. The lowest BCUT2D eigenvalue weighted by Gasteiger charge is -2.50. The van der Waals surface area contributed by atoms with Gasteiger partial charge in [0.05, 0.1) is 16.7 Å². The maximum absolute atomic E-state index is 16.4. The van der Waals surface area contributed by atoms with E-state index in [1.54, 1.807) is 19.1 Å². The summed E-state index contributed by atoms with van der Waals surface area (Å²) in [7, 11) is 1.94. The van der Waals surface area contributed by atoms with E-state index in [2.05, 4.69) is 16.1 Å². The molecular weight excluding hydrogens is 636 g/mol. The van der Waals surface area contributed by atoms with E-state index >= 15 is 9.18 Å². The zero-order chi connectivity index (χ0) is 33.6. The van der Waals surface area contributed by atoms with Gasteiger partial charge in [0.2, 0.25) is 11.8 Å². The fraction of sp³-hybridized carbons (Fsp3) is 0.579. The average Bonchev–Trinajstić information content (AvgIpc) is 3.39. The van der Waals surface area contributed by atoms with Crippen molar-refractivity contribution in [2.45, 2.75) is 125 Å². The van der Waals surface area contributed by atoms with E-state index in [0.29, 0.717) is 37.3 Å². The highest BCUT2D eigenvalue weighted by Crippen LogP contribution is 2.67. The van der Waals surface area contributed by atoms with E-state index in [1.807, 2.05) is 30.1 Å². The summed E-state index contributed by atoms with van der Waals surface area (Å²) >= 11 is 13.1. The number of carbonyl (C=O) groups excluding carboxylic acids is 2. The molecule has 2 spiro atoms. The lowest BCUT2D eigenvalue weighted by molar-refractivity contribution is -0.131. The quantitative estimate of drug-likeness (QED) is 0.201. The zero-order valence-electron chi connectivity index (χ0n) is 27.5. The number of hydrogen-bond acceptors (Lipinski definition) is 4. The van der Waals surface area contributed by atoms with Gasteiger partial charge in [0, 0.05) is 41.2 Å². The molecule has 2 aromatic carbocycles. The number of halogens is 3. The summed E-state index contributed by atoms with van der Waals surface area (Å²) in [6, 6.07) is 9.48. The predicted octanol–water partition coefficient (Wildman–Crippen LogP) is 7.52. The van der Waals surface area contributed by atoms with Crippen LogP contribution in [0.2, 0.25) is 10.0 Å². The molecule has 6 nitrogen and oxygen atoms in total. The first-order valence-corrected chi connectivity index (χ1v) is 18.0. The Hall–Kier alpha value is -2.63. The fourth-order valence-corrected chi connectivity index (χ4v) is 9.91. The maximum atomic E-state index is 16.4. The van der Waals surface area contributed by atoms with Crippen LogP contribution in [0.4, 0.5) is 10.1 Å². The monoisotopic (exact) mass is 681 g/mol. The van der Waals surface area contributed by atoms with Crippen molar-refractivity contribution in [2.24, 2.45) is 0 Å². The number of hydrogen-bond donors (Lipinski definition) is 2. The van der Waals surface area contributed by atoms with Gasteiger partial charge in [-0.1, -0.05) is 79.9 Å². The van der Waals surface area contributed by atoms with Gasteiger partial charge in [-0.3, -0.25) is 14.5 Å². The summed E-state index contributed by atoms with van der Waals surface area (Å²) in [6.07, 6.45) is 16.1. The van der Waals surface area contributed by atoms with Crippen LogP contribution < -0.4 is 10.2 Å². The molecule has 252 valence electrons. The van der Waals surface area contributed by atoms with E-state index in [4.69, 9.17) is 29.6 Å². The van der Waals surface area contributed by atoms with Gasteiger partial charge in [0.25, 0.3) is 0 Å². The first kappa shape index (κ1) is 34.2. The lowest BCUT2D eigenvalue weighted by atomic mass is 9.55. The molecule has 2 aliphatic heterocycles. The maximum Gasteiger partial charge on any atom is 0.240 e. The largest absolute Gasteiger partial charge is 0.390 e. The van der Waals surface area contributed by atoms with Gasteiger partial charge >= 0.3 is 0 Å². The van der Waals surface area contributed by atoms with Crippen molar-refractivity contribution < 1.29 is 19.1 Å². The van der Waals surface area contributed by atoms with Gasteiger partial charge in [0.1, 0.15) is 11.2 Å². The van der Waals surface area contributed by atoms with Crippen molar-refractivity contribution in [2.75, 3.05) is 18.5 Å². The van der Waals surface area contributed by atoms with Gasteiger partial charge in [-0.05, 0) is 81.8 Å². The van der Waals surface area contributed by atoms with Crippen LogP contribution in [-0.2, 0) is 15.0 Å². The minimum atomic E-state index is -1.26. The van der Waals surface area contributed by atoms with E-state index in [0.717, 1.165) is 69.0 Å². The highest BCUT2D eigenvalue weighted by Gasteiger charge is 2.75. The number of carbonyl (C=O) groups is 2. The normalized spacial score (nSPS) is 29.6. The Morgan fingerprint density at radius 2 is 1.79 bits per heavy atom. The number of terminal acetylenes is 1. The van der Waals surface area contributed by atoms with E-state index in [9.17, 15) is 9.90 Å². The number of nitrogens with one attached hydrogen (secondary N) is 1. The number of anilines is 1. The first-order chi connectivity index (χ1) is 22.5. The van der Waals surface area contributed by atoms with Crippen molar-refractivity contribution in [3.8, 4) is 12.3 Å².